The summed E-state index contributed by atoms with van der Waals surface area (Å²) in [6.07, 6.45) is -1.18. The molecule has 168 valence electrons. The van der Waals surface area contributed by atoms with Gasteiger partial charge in [-0.2, -0.15) is 0 Å². The molecule has 2 atom stereocenters. The number of nitrogens with one attached hydrogen (secondary N) is 1. The summed E-state index contributed by atoms with van der Waals surface area (Å²) >= 11 is 12.0. The molecule has 8 heteroatoms. The van der Waals surface area contributed by atoms with Gasteiger partial charge in [0.25, 0.3) is 12.2 Å². The van der Waals surface area contributed by atoms with Crippen LogP contribution in [0.15, 0.2) is 18.2 Å². The largest absolute Gasteiger partial charge is 0.455 e. The Hall–Kier alpha value is -1.23. The third-order valence-corrected chi connectivity index (χ3v) is 9.85. The summed E-state index contributed by atoms with van der Waals surface area (Å²) in [6, 6.07) is 4.72. The number of carbonyl (C=O) groups excluding carboxylic acids is 1. The standard InChI is InChI=1S/C22H33Cl2NO4Si/c1-9-11-22(6,15-28-30(7,8)21(3,4)5)25-19(26)20(27-10-2)29-18-13-16(23)12-17(24)14-18/h12-14,20H,10,15H2,1-8H3,(H,25,26). The van der Waals surface area contributed by atoms with Gasteiger partial charge in [-0.15, -0.1) is 5.92 Å². The lowest BCUT2D eigenvalue weighted by atomic mass is 10.1. The quantitative estimate of drug-likeness (QED) is 0.285. The fraction of sp³-hybridized carbons (Fsp3) is 0.591. The molecule has 0 saturated carbocycles. The zero-order valence-electron chi connectivity index (χ0n) is 19.1. The third kappa shape index (κ3) is 8.13. The zero-order valence-corrected chi connectivity index (χ0v) is 21.6. The van der Waals surface area contributed by atoms with Gasteiger partial charge in [0.1, 0.15) is 11.3 Å². The van der Waals surface area contributed by atoms with Gasteiger partial charge >= 0.3 is 0 Å². The zero-order chi connectivity index (χ0) is 23.2. The van der Waals surface area contributed by atoms with Crippen LogP contribution in [0.1, 0.15) is 41.5 Å². The number of rotatable bonds is 9. The fourth-order valence-electron chi connectivity index (χ4n) is 2.29. The number of benzene rings is 1. The lowest BCUT2D eigenvalue weighted by molar-refractivity contribution is -0.153. The summed E-state index contributed by atoms with van der Waals surface area (Å²) in [5.74, 6) is 5.81. The van der Waals surface area contributed by atoms with Crippen molar-refractivity contribution in [2.75, 3.05) is 13.2 Å². The van der Waals surface area contributed by atoms with E-state index in [2.05, 4.69) is 51.0 Å². The van der Waals surface area contributed by atoms with Gasteiger partial charge in [0, 0.05) is 16.7 Å². The number of ether oxygens (including phenoxy) is 2. The van der Waals surface area contributed by atoms with Crippen molar-refractivity contribution in [2.45, 2.75) is 71.5 Å². The molecule has 0 bridgehead atoms. The molecule has 1 N–H and O–H groups in total. The fourth-order valence-corrected chi connectivity index (χ4v) is 3.87. The molecule has 1 amide bonds. The predicted octanol–water partition coefficient (Wildman–Crippen LogP) is 5.65. The summed E-state index contributed by atoms with van der Waals surface area (Å²) in [5, 5.41) is 3.76. The second kappa shape index (κ2) is 10.9. The maximum Gasteiger partial charge on any atom is 0.290 e. The van der Waals surface area contributed by atoms with Crippen molar-refractivity contribution in [3.63, 3.8) is 0 Å². The average molecular weight is 475 g/mol. The molecule has 2 unspecified atom stereocenters. The molecule has 0 saturated heterocycles. The minimum absolute atomic E-state index is 0.0420. The molecule has 5 nitrogen and oxygen atoms in total. The first-order chi connectivity index (χ1) is 13.7. The summed E-state index contributed by atoms with van der Waals surface area (Å²) in [7, 11) is -2.02. The Kier molecular flexibility index (Phi) is 9.72. The number of amides is 1. The normalized spacial score (nSPS) is 14.9. The maximum absolute atomic E-state index is 13.0. The van der Waals surface area contributed by atoms with Crippen molar-refractivity contribution in [1.29, 1.82) is 0 Å². The molecular formula is C22H33Cl2NO4Si. The molecule has 0 aliphatic heterocycles. The number of carbonyl (C=O) groups is 1. The summed E-state index contributed by atoms with van der Waals surface area (Å²) < 4.78 is 17.5. The van der Waals surface area contributed by atoms with E-state index >= 15 is 0 Å². The highest BCUT2D eigenvalue weighted by atomic mass is 35.5. The Morgan fingerprint density at radius 1 is 1.17 bits per heavy atom. The van der Waals surface area contributed by atoms with Gasteiger partial charge < -0.3 is 19.2 Å². The minimum atomic E-state index is -2.02. The molecule has 0 radical (unpaired) electrons. The Labute approximate surface area is 191 Å². The smallest absolute Gasteiger partial charge is 0.290 e. The molecule has 0 aromatic heterocycles. The Morgan fingerprint density at radius 2 is 1.73 bits per heavy atom. The van der Waals surface area contributed by atoms with Gasteiger partial charge in [0.05, 0.1) is 6.61 Å². The van der Waals surface area contributed by atoms with Crippen LogP contribution in [0.4, 0.5) is 0 Å². The van der Waals surface area contributed by atoms with Gasteiger partial charge in [-0.05, 0) is 57.1 Å². The molecule has 1 aromatic rings. The lowest BCUT2D eigenvalue weighted by Gasteiger charge is -2.39. The van der Waals surface area contributed by atoms with Crippen LogP contribution in [-0.2, 0) is 14.0 Å². The van der Waals surface area contributed by atoms with Crippen LogP contribution < -0.4 is 10.1 Å². The van der Waals surface area contributed by atoms with Crippen molar-refractivity contribution >= 4 is 37.4 Å². The number of hydrogen-bond donors (Lipinski definition) is 1. The van der Waals surface area contributed by atoms with Crippen LogP contribution >= 0.6 is 23.2 Å². The molecule has 0 aliphatic rings. The van der Waals surface area contributed by atoms with E-state index in [4.69, 9.17) is 37.1 Å². The Bertz CT molecular complexity index is 778. The van der Waals surface area contributed by atoms with Crippen LogP contribution in [0, 0.1) is 11.8 Å². The van der Waals surface area contributed by atoms with E-state index in [-0.39, 0.29) is 18.3 Å². The topological polar surface area (TPSA) is 56.8 Å². The lowest BCUT2D eigenvalue weighted by Crippen LogP contribution is -2.55. The van der Waals surface area contributed by atoms with Crippen LogP contribution in [0.2, 0.25) is 28.2 Å². The molecule has 0 aliphatic carbocycles. The van der Waals surface area contributed by atoms with Gasteiger partial charge in [-0.3, -0.25) is 4.79 Å². The SMILES string of the molecule is CC#CC(C)(CO[Si](C)(C)C(C)(C)C)NC(=O)C(OCC)Oc1cc(Cl)cc(Cl)c1. The summed E-state index contributed by atoms with van der Waals surface area (Å²) in [5.41, 5.74) is -0.897. The van der Waals surface area contributed by atoms with Crippen molar-refractivity contribution in [3.05, 3.63) is 28.2 Å². The van der Waals surface area contributed by atoms with E-state index in [1.807, 2.05) is 6.92 Å². The molecule has 30 heavy (non-hydrogen) atoms. The van der Waals surface area contributed by atoms with E-state index < -0.39 is 26.1 Å². The Balaban J connectivity index is 3.00. The van der Waals surface area contributed by atoms with Crippen molar-refractivity contribution in [2.24, 2.45) is 0 Å². The van der Waals surface area contributed by atoms with Crippen LogP contribution in [0.3, 0.4) is 0 Å². The van der Waals surface area contributed by atoms with Gasteiger partial charge in [-0.25, -0.2) is 0 Å². The summed E-state index contributed by atoms with van der Waals surface area (Å²) in [4.78, 5) is 13.0. The average Bonchev–Trinajstić information content (AvgIpc) is 2.58. The third-order valence-electron chi connectivity index (χ3n) is 4.94. The second-order valence-corrected chi connectivity index (χ2v) is 14.4. The van der Waals surface area contributed by atoms with E-state index in [1.165, 1.54) is 0 Å². The highest BCUT2D eigenvalue weighted by molar-refractivity contribution is 6.74. The van der Waals surface area contributed by atoms with E-state index in [1.54, 1.807) is 32.0 Å². The Morgan fingerprint density at radius 3 is 2.20 bits per heavy atom. The molecule has 0 fully saturated rings. The van der Waals surface area contributed by atoms with Crippen molar-refractivity contribution in [3.8, 4) is 17.6 Å². The van der Waals surface area contributed by atoms with Gasteiger partial charge in [0.2, 0.25) is 0 Å². The molecule has 0 spiro atoms. The van der Waals surface area contributed by atoms with Crippen LogP contribution in [0.5, 0.6) is 5.75 Å². The summed E-state index contributed by atoms with van der Waals surface area (Å²) in [6.45, 7) is 16.7. The minimum Gasteiger partial charge on any atom is -0.455 e. The first kappa shape index (κ1) is 26.8. The van der Waals surface area contributed by atoms with Gasteiger partial charge in [0.15, 0.2) is 8.32 Å². The highest BCUT2D eigenvalue weighted by Crippen LogP contribution is 2.37. The van der Waals surface area contributed by atoms with Crippen molar-refractivity contribution < 1.29 is 18.7 Å². The number of halogens is 2. The maximum atomic E-state index is 13.0. The van der Waals surface area contributed by atoms with Crippen molar-refractivity contribution in [1.82, 2.24) is 5.32 Å². The van der Waals surface area contributed by atoms with Gasteiger partial charge in [-0.1, -0.05) is 49.9 Å². The monoisotopic (exact) mass is 473 g/mol. The number of hydrogen-bond acceptors (Lipinski definition) is 4. The molecule has 1 rings (SSSR count). The van der Waals surface area contributed by atoms with Crippen LogP contribution in [-0.4, -0.2) is 39.3 Å². The highest BCUT2D eigenvalue weighted by Gasteiger charge is 2.40. The van der Waals surface area contributed by atoms with Crippen LogP contribution in [0.25, 0.3) is 0 Å². The van der Waals surface area contributed by atoms with E-state index in [0.717, 1.165) is 0 Å². The second-order valence-electron chi connectivity index (χ2n) is 8.76. The molecular weight excluding hydrogens is 441 g/mol. The predicted molar refractivity (Wildman–Crippen MR) is 126 cm³/mol. The van der Waals surface area contributed by atoms with E-state index in [9.17, 15) is 4.79 Å². The van der Waals surface area contributed by atoms with E-state index in [0.29, 0.717) is 15.8 Å². The first-order valence-corrected chi connectivity index (χ1v) is 13.5. The molecule has 0 heterocycles. The first-order valence-electron chi connectivity index (χ1n) is 9.87. The molecule has 1 aromatic carbocycles.